The molecule has 15 heavy (non-hydrogen) atoms. The monoisotopic (exact) mass is 226 g/mol. The summed E-state index contributed by atoms with van der Waals surface area (Å²) in [7, 11) is 0. The lowest BCUT2D eigenvalue weighted by molar-refractivity contribution is 0.766. The SMILES string of the molecule is O=c1[nH]cc(C2=NNC(Cl)C=C2)c(=O)[nH]1. The van der Waals surface area contributed by atoms with Crippen molar-refractivity contribution in [2.45, 2.75) is 5.50 Å². The zero-order chi connectivity index (χ0) is 10.8. The van der Waals surface area contributed by atoms with E-state index >= 15 is 0 Å². The summed E-state index contributed by atoms with van der Waals surface area (Å²) in [6.45, 7) is 0. The number of alkyl halides is 1. The van der Waals surface area contributed by atoms with Crippen LogP contribution in [0.1, 0.15) is 5.56 Å². The average molecular weight is 227 g/mol. The van der Waals surface area contributed by atoms with Gasteiger partial charge in [-0.05, 0) is 12.2 Å². The molecule has 0 saturated heterocycles. The second-order valence-electron chi connectivity index (χ2n) is 2.87. The summed E-state index contributed by atoms with van der Waals surface area (Å²) < 4.78 is 0. The van der Waals surface area contributed by atoms with Crippen molar-refractivity contribution in [3.8, 4) is 0 Å². The Morgan fingerprint density at radius 3 is 2.80 bits per heavy atom. The highest BCUT2D eigenvalue weighted by molar-refractivity contribution is 6.22. The quantitative estimate of drug-likeness (QED) is 0.445. The lowest BCUT2D eigenvalue weighted by Gasteiger charge is -2.10. The van der Waals surface area contributed by atoms with Crippen LogP contribution in [0.25, 0.3) is 0 Å². The van der Waals surface area contributed by atoms with Gasteiger partial charge in [-0.2, -0.15) is 5.10 Å². The van der Waals surface area contributed by atoms with Gasteiger partial charge in [-0.3, -0.25) is 15.2 Å². The first-order valence-corrected chi connectivity index (χ1v) is 4.58. The maximum Gasteiger partial charge on any atom is 0.325 e. The number of nitrogens with zero attached hydrogens (tertiary/aromatic N) is 1. The third-order valence-electron chi connectivity index (χ3n) is 1.83. The highest BCUT2D eigenvalue weighted by Gasteiger charge is 2.10. The molecule has 78 valence electrons. The fourth-order valence-electron chi connectivity index (χ4n) is 1.14. The minimum absolute atomic E-state index is 0.280. The van der Waals surface area contributed by atoms with E-state index < -0.39 is 11.2 Å². The summed E-state index contributed by atoms with van der Waals surface area (Å²) in [5, 5.41) is 3.88. The zero-order valence-electron chi connectivity index (χ0n) is 7.45. The minimum Gasteiger partial charge on any atom is -0.313 e. The molecule has 1 aliphatic rings. The Bertz CT molecular complexity index is 542. The van der Waals surface area contributed by atoms with Gasteiger partial charge in [0.2, 0.25) is 0 Å². The summed E-state index contributed by atoms with van der Waals surface area (Å²) in [4.78, 5) is 26.6. The molecule has 0 spiro atoms. The fourth-order valence-corrected chi connectivity index (χ4v) is 1.26. The van der Waals surface area contributed by atoms with Gasteiger partial charge in [0, 0.05) is 6.20 Å². The molecule has 0 radical (unpaired) electrons. The third kappa shape index (κ3) is 1.99. The van der Waals surface area contributed by atoms with E-state index in [0.717, 1.165) is 0 Å². The van der Waals surface area contributed by atoms with Crippen molar-refractivity contribution < 1.29 is 0 Å². The van der Waals surface area contributed by atoms with Gasteiger partial charge in [0.25, 0.3) is 5.56 Å². The largest absolute Gasteiger partial charge is 0.325 e. The molecule has 0 fully saturated rings. The van der Waals surface area contributed by atoms with E-state index in [1.165, 1.54) is 6.20 Å². The summed E-state index contributed by atoms with van der Waals surface area (Å²) >= 11 is 5.69. The van der Waals surface area contributed by atoms with Gasteiger partial charge in [0.15, 0.2) is 0 Å². The minimum atomic E-state index is -0.549. The van der Waals surface area contributed by atoms with Crippen LogP contribution in [0.5, 0.6) is 0 Å². The molecule has 7 heteroatoms. The van der Waals surface area contributed by atoms with E-state index in [0.29, 0.717) is 5.71 Å². The number of aromatic nitrogens is 2. The smallest absolute Gasteiger partial charge is 0.313 e. The molecule has 2 heterocycles. The third-order valence-corrected chi connectivity index (χ3v) is 2.07. The second kappa shape index (κ2) is 3.74. The van der Waals surface area contributed by atoms with Crippen molar-refractivity contribution in [2.75, 3.05) is 0 Å². The van der Waals surface area contributed by atoms with E-state index in [1.807, 2.05) is 0 Å². The molecule has 0 amide bonds. The van der Waals surface area contributed by atoms with Gasteiger partial charge in [-0.25, -0.2) is 4.79 Å². The van der Waals surface area contributed by atoms with Crippen LogP contribution in [-0.4, -0.2) is 21.2 Å². The molecule has 3 N–H and O–H groups in total. The van der Waals surface area contributed by atoms with Gasteiger partial charge in [0.05, 0.1) is 11.3 Å². The van der Waals surface area contributed by atoms with Crippen molar-refractivity contribution in [2.24, 2.45) is 5.10 Å². The predicted octanol–water partition coefficient (Wildman–Crippen LogP) is -0.508. The first-order valence-electron chi connectivity index (χ1n) is 4.15. The van der Waals surface area contributed by atoms with E-state index in [9.17, 15) is 9.59 Å². The molecule has 2 rings (SSSR count). The first-order chi connectivity index (χ1) is 7.16. The zero-order valence-corrected chi connectivity index (χ0v) is 8.21. The van der Waals surface area contributed by atoms with Gasteiger partial charge < -0.3 is 4.98 Å². The van der Waals surface area contributed by atoms with Crippen LogP contribution in [0.2, 0.25) is 0 Å². The molecule has 0 saturated carbocycles. The van der Waals surface area contributed by atoms with Gasteiger partial charge in [-0.15, -0.1) is 0 Å². The number of hydrogen-bond donors (Lipinski definition) is 3. The topological polar surface area (TPSA) is 90.1 Å². The number of hydrazone groups is 1. The van der Waals surface area contributed by atoms with Crippen LogP contribution in [0.4, 0.5) is 0 Å². The summed E-state index contributed by atoms with van der Waals surface area (Å²) in [6.07, 6.45) is 4.56. The van der Waals surface area contributed by atoms with Crippen molar-refractivity contribution in [3.05, 3.63) is 44.8 Å². The van der Waals surface area contributed by atoms with E-state index in [4.69, 9.17) is 11.6 Å². The van der Waals surface area contributed by atoms with Crippen molar-refractivity contribution >= 4 is 17.3 Å². The van der Waals surface area contributed by atoms with Crippen LogP contribution < -0.4 is 16.7 Å². The van der Waals surface area contributed by atoms with Crippen molar-refractivity contribution in [1.82, 2.24) is 15.4 Å². The van der Waals surface area contributed by atoms with Crippen molar-refractivity contribution in [1.29, 1.82) is 0 Å². The number of H-pyrrole nitrogens is 2. The second-order valence-corrected chi connectivity index (χ2v) is 3.34. The molecule has 1 aromatic rings. The predicted molar refractivity (Wildman–Crippen MR) is 56.1 cm³/mol. The Balaban J connectivity index is 2.44. The Morgan fingerprint density at radius 1 is 1.40 bits per heavy atom. The van der Waals surface area contributed by atoms with Crippen LogP contribution in [0.15, 0.2) is 33.0 Å². The standard InChI is InChI=1S/C8H7ClN4O2/c9-6-2-1-5(12-13-6)4-3-10-8(15)11-7(4)14/h1-3,6,13H,(H2,10,11,14,15). The molecule has 1 atom stereocenters. The number of aromatic amines is 2. The lowest BCUT2D eigenvalue weighted by Crippen LogP contribution is -2.30. The Kier molecular flexibility index (Phi) is 2.42. The Hall–Kier alpha value is -1.82. The van der Waals surface area contributed by atoms with Crippen LogP contribution in [-0.2, 0) is 0 Å². The average Bonchev–Trinajstić information content (AvgIpc) is 2.20. The molecule has 0 aromatic carbocycles. The number of nitrogens with one attached hydrogen (secondary N) is 3. The molecule has 0 aliphatic carbocycles. The maximum absolute atomic E-state index is 11.4. The maximum atomic E-state index is 11.4. The van der Waals surface area contributed by atoms with Gasteiger partial charge in [0.1, 0.15) is 5.50 Å². The van der Waals surface area contributed by atoms with Crippen molar-refractivity contribution in [3.63, 3.8) is 0 Å². The molecule has 1 aliphatic heterocycles. The number of rotatable bonds is 1. The number of allylic oxidation sites excluding steroid dienone is 1. The van der Waals surface area contributed by atoms with Crippen LogP contribution in [0.3, 0.4) is 0 Å². The normalized spacial score (nSPS) is 19.5. The molecule has 0 bridgehead atoms. The highest BCUT2D eigenvalue weighted by Crippen LogP contribution is 2.03. The molecular weight excluding hydrogens is 220 g/mol. The van der Waals surface area contributed by atoms with Crippen LogP contribution in [0, 0.1) is 0 Å². The van der Waals surface area contributed by atoms with Gasteiger partial charge in [-0.1, -0.05) is 11.6 Å². The summed E-state index contributed by atoms with van der Waals surface area (Å²) in [5.74, 6) is 0. The Morgan fingerprint density at radius 2 is 2.20 bits per heavy atom. The number of hydrogen-bond acceptors (Lipinski definition) is 4. The van der Waals surface area contributed by atoms with E-state index in [-0.39, 0.29) is 11.1 Å². The van der Waals surface area contributed by atoms with E-state index in [1.54, 1.807) is 12.2 Å². The molecule has 1 unspecified atom stereocenters. The summed E-state index contributed by atoms with van der Waals surface area (Å²) in [5.41, 5.74) is 1.88. The molecular formula is C8H7ClN4O2. The van der Waals surface area contributed by atoms with E-state index in [2.05, 4.69) is 20.5 Å². The highest BCUT2D eigenvalue weighted by atomic mass is 35.5. The molecule has 1 aromatic heterocycles. The van der Waals surface area contributed by atoms with Gasteiger partial charge >= 0.3 is 5.69 Å². The first kappa shape index (κ1) is 9.72. The summed E-state index contributed by atoms with van der Waals surface area (Å²) in [6, 6.07) is 0. The molecule has 6 nitrogen and oxygen atoms in total. The number of halogens is 1. The Labute approximate surface area is 88.7 Å². The van der Waals surface area contributed by atoms with Crippen LogP contribution >= 0.6 is 11.6 Å². The fraction of sp³-hybridized carbons (Fsp3) is 0.125. The lowest BCUT2D eigenvalue weighted by atomic mass is 10.2.